The Bertz CT molecular complexity index is 1120. The molecule has 2 aromatic rings. The van der Waals surface area contributed by atoms with E-state index >= 15 is 0 Å². The number of nitrogens with one attached hydrogen (secondary N) is 1. The number of piperazine rings is 1. The number of fused-ring (bicyclic) bond motifs is 1. The lowest BCUT2D eigenvalue weighted by molar-refractivity contribution is -0.146. The van der Waals surface area contributed by atoms with Gasteiger partial charge in [-0.2, -0.15) is 5.26 Å². The van der Waals surface area contributed by atoms with Crippen LogP contribution in [0.5, 0.6) is 0 Å². The molecule has 0 spiro atoms. The van der Waals surface area contributed by atoms with Gasteiger partial charge in [0.25, 0.3) is 0 Å². The number of hydrogen-bond donors (Lipinski definition) is 1. The fraction of sp³-hybridized carbons (Fsp3) is 0.462. The summed E-state index contributed by atoms with van der Waals surface area (Å²) in [6, 6.07) is 12.2. The Morgan fingerprint density at radius 2 is 1.85 bits per heavy atom. The Hall–Kier alpha value is -3.44. The van der Waals surface area contributed by atoms with Gasteiger partial charge in [0.15, 0.2) is 0 Å². The number of nitriles is 1. The van der Waals surface area contributed by atoms with E-state index in [9.17, 15) is 14.9 Å². The van der Waals surface area contributed by atoms with E-state index in [0.717, 1.165) is 22.4 Å². The summed E-state index contributed by atoms with van der Waals surface area (Å²) in [4.78, 5) is 33.4. The molecule has 4 rings (SSSR count). The number of hydrogen-bond acceptors (Lipinski definition) is 6. The normalized spacial score (nSPS) is 17.0. The fourth-order valence-electron chi connectivity index (χ4n) is 4.57. The van der Waals surface area contributed by atoms with Crippen molar-refractivity contribution in [2.45, 2.75) is 45.8 Å². The maximum absolute atomic E-state index is 12.6. The summed E-state index contributed by atoms with van der Waals surface area (Å²) in [5.74, 6) is -0.426. The third kappa shape index (κ3) is 5.05. The predicted octanol–water partition coefficient (Wildman–Crippen LogP) is 2.12. The molecule has 0 aliphatic carbocycles. The first-order valence-corrected chi connectivity index (χ1v) is 11.7. The molecular weight excluding hydrogens is 430 g/mol. The molecular formula is C26H31N5O3. The van der Waals surface area contributed by atoms with E-state index in [1.807, 2.05) is 56.0 Å². The monoisotopic (exact) mass is 461 g/mol. The minimum Gasteiger partial charge on any atom is -0.370 e. The summed E-state index contributed by atoms with van der Waals surface area (Å²) in [5.41, 5.74) is 4.26. The van der Waals surface area contributed by atoms with Crippen molar-refractivity contribution >= 4 is 17.6 Å². The number of benzene rings is 1. The Balaban J connectivity index is 1.38. The molecule has 8 nitrogen and oxygen atoms in total. The van der Waals surface area contributed by atoms with Gasteiger partial charge in [-0.1, -0.05) is 30.3 Å². The van der Waals surface area contributed by atoms with Gasteiger partial charge in [-0.15, -0.1) is 0 Å². The minimum atomic E-state index is -0.577. The van der Waals surface area contributed by atoms with E-state index in [4.69, 9.17) is 9.72 Å². The molecule has 0 unspecified atom stereocenters. The molecule has 34 heavy (non-hydrogen) atoms. The van der Waals surface area contributed by atoms with Gasteiger partial charge in [-0.05, 0) is 38.3 Å². The van der Waals surface area contributed by atoms with Crippen LogP contribution in [0.2, 0.25) is 0 Å². The van der Waals surface area contributed by atoms with Crippen molar-refractivity contribution in [1.82, 2.24) is 15.2 Å². The fourth-order valence-corrected chi connectivity index (χ4v) is 4.57. The van der Waals surface area contributed by atoms with Crippen LogP contribution in [0.15, 0.2) is 30.3 Å². The van der Waals surface area contributed by atoms with E-state index in [2.05, 4.69) is 11.4 Å². The van der Waals surface area contributed by atoms with Crippen LogP contribution in [-0.4, -0.2) is 60.0 Å². The smallest absolute Gasteiger partial charge is 0.312 e. The molecule has 1 N–H and O–H groups in total. The number of anilines is 1. The highest BCUT2D eigenvalue weighted by Crippen LogP contribution is 2.35. The number of carbonyl (C=O) groups excluding carboxylic acids is 2. The van der Waals surface area contributed by atoms with Gasteiger partial charge >= 0.3 is 11.8 Å². The Kier molecular flexibility index (Phi) is 6.85. The van der Waals surface area contributed by atoms with E-state index in [1.54, 1.807) is 4.90 Å². The molecule has 0 radical (unpaired) electrons. The van der Waals surface area contributed by atoms with E-state index in [0.29, 0.717) is 63.6 Å². The van der Waals surface area contributed by atoms with Crippen LogP contribution in [0.1, 0.15) is 41.8 Å². The van der Waals surface area contributed by atoms with Gasteiger partial charge in [0, 0.05) is 50.4 Å². The first-order valence-electron chi connectivity index (χ1n) is 11.7. The number of nitrogens with zero attached hydrogens (tertiary/aromatic N) is 4. The number of aromatic nitrogens is 1. The lowest BCUT2D eigenvalue weighted by atomic mass is 9.88. The van der Waals surface area contributed by atoms with Gasteiger partial charge in [-0.3, -0.25) is 9.59 Å². The topological polar surface area (TPSA) is 98.6 Å². The first-order chi connectivity index (χ1) is 16.3. The van der Waals surface area contributed by atoms with Crippen LogP contribution in [0, 0.1) is 18.3 Å². The number of carbonyl (C=O) groups is 2. The molecule has 2 amide bonds. The summed E-state index contributed by atoms with van der Waals surface area (Å²) >= 11 is 0. The van der Waals surface area contributed by atoms with Crippen molar-refractivity contribution in [2.24, 2.45) is 0 Å². The van der Waals surface area contributed by atoms with Crippen molar-refractivity contribution in [3.05, 3.63) is 58.3 Å². The summed E-state index contributed by atoms with van der Waals surface area (Å²) < 4.78 is 5.93. The standard InChI is InChI=1S/C26H31N5O3/c1-18-22-17-34-26(2,3)15-20(22)21(16-27)23(29-18)30-11-13-31(14-12-30)25(33)24(32)28-10-9-19-7-5-4-6-8-19/h4-8H,9-15,17H2,1-3H3,(H,28,32). The van der Waals surface area contributed by atoms with Crippen molar-refractivity contribution < 1.29 is 14.3 Å². The summed E-state index contributed by atoms with van der Waals surface area (Å²) in [6.45, 7) is 8.72. The molecule has 1 fully saturated rings. The molecule has 1 aromatic heterocycles. The molecule has 2 aliphatic rings. The number of pyridine rings is 1. The highest BCUT2D eigenvalue weighted by Gasteiger charge is 2.33. The molecule has 178 valence electrons. The van der Waals surface area contributed by atoms with Gasteiger partial charge < -0.3 is 19.9 Å². The van der Waals surface area contributed by atoms with E-state index < -0.39 is 11.8 Å². The highest BCUT2D eigenvalue weighted by molar-refractivity contribution is 6.35. The third-order valence-corrected chi connectivity index (χ3v) is 6.52. The van der Waals surface area contributed by atoms with Gasteiger partial charge in [-0.25, -0.2) is 4.98 Å². The van der Waals surface area contributed by atoms with E-state index in [1.165, 1.54) is 0 Å². The molecule has 2 aliphatic heterocycles. The highest BCUT2D eigenvalue weighted by atomic mass is 16.5. The lowest BCUT2D eigenvalue weighted by Gasteiger charge is -2.37. The third-order valence-electron chi connectivity index (χ3n) is 6.52. The van der Waals surface area contributed by atoms with Gasteiger partial charge in [0.05, 0.1) is 17.8 Å². The predicted molar refractivity (Wildman–Crippen MR) is 128 cm³/mol. The van der Waals surface area contributed by atoms with Crippen LogP contribution < -0.4 is 10.2 Å². The Labute approximate surface area is 200 Å². The molecule has 1 aromatic carbocycles. The Morgan fingerprint density at radius 3 is 2.53 bits per heavy atom. The molecule has 0 bridgehead atoms. The first kappa shape index (κ1) is 23.7. The zero-order chi connectivity index (χ0) is 24.3. The number of rotatable bonds is 4. The van der Waals surface area contributed by atoms with Crippen molar-refractivity contribution in [3.8, 4) is 6.07 Å². The van der Waals surface area contributed by atoms with Crippen LogP contribution >= 0.6 is 0 Å². The van der Waals surface area contributed by atoms with Gasteiger partial charge in [0.2, 0.25) is 0 Å². The van der Waals surface area contributed by atoms with Crippen LogP contribution in [0.3, 0.4) is 0 Å². The lowest BCUT2D eigenvalue weighted by Crippen LogP contribution is -2.53. The number of ether oxygens (including phenoxy) is 1. The largest absolute Gasteiger partial charge is 0.370 e. The van der Waals surface area contributed by atoms with Crippen molar-refractivity contribution in [1.29, 1.82) is 5.26 Å². The summed E-state index contributed by atoms with van der Waals surface area (Å²) in [7, 11) is 0. The van der Waals surface area contributed by atoms with Crippen LogP contribution in [0.4, 0.5) is 5.82 Å². The van der Waals surface area contributed by atoms with Gasteiger partial charge in [0.1, 0.15) is 11.9 Å². The number of aryl methyl sites for hydroxylation is 1. The second-order valence-electron chi connectivity index (χ2n) is 9.46. The summed E-state index contributed by atoms with van der Waals surface area (Å²) in [5, 5.41) is 12.7. The zero-order valence-corrected chi connectivity index (χ0v) is 20.1. The SMILES string of the molecule is Cc1nc(N2CCN(C(=O)C(=O)NCCc3ccccc3)CC2)c(C#N)c2c1COC(C)(C)C2. The zero-order valence-electron chi connectivity index (χ0n) is 20.1. The molecule has 1 saturated heterocycles. The van der Waals surface area contributed by atoms with E-state index in [-0.39, 0.29) is 5.60 Å². The molecule has 8 heteroatoms. The van der Waals surface area contributed by atoms with Crippen molar-refractivity contribution in [2.75, 3.05) is 37.6 Å². The Morgan fingerprint density at radius 1 is 1.15 bits per heavy atom. The van der Waals surface area contributed by atoms with Crippen molar-refractivity contribution in [3.63, 3.8) is 0 Å². The van der Waals surface area contributed by atoms with Crippen LogP contribution in [-0.2, 0) is 33.8 Å². The average molecular weight is 462 g/mol. The quantitative estimate of drug-likeness (QED) is 0.701. The summed E-state index contributed by atoms with van der Waals surface area (Å²) in [6.07, 6.45) is 1.33. The average Bonchev–Trinajstić information content (AvgIpc) is 2.83. The second kappa shape index (κ2) is 9.82. The minimum absolute atomic E-state index is 0.331. The maximum atomic E-state index is 12.6. The number of amides is 2. The molecule has 3 heterocycles. The maximum Gasteiger partial charge on any atom is 0.312 e. The molecule has 0 atom stereocenters. The molecule has 0 saturated carbocycles. The van der Waals surface area contributed by atoms with Crippen LogP contribution in [0.25, 0.3) is 0 Å². The second-order valence-corrected chi connectivity index (χ2v) is 9.46.